The molecule has 0 atom stereocenters. The SMILES string of the molecule is COc1c2cc3c(nc(/C=C/c4sccc4C)n3-c3ccccn3)c1OC(=O)C(=O)O2. The molecule has 0 radical (unpaired) electrons. The lowest BCUT2D eigenvalue weighted by Crippen LogP contribution is -2.23. The number of imidazole rings is 1. The molecular weight excluding hydrogens is 418 g/mol. The lowest BCUT2D eigenvalue weighted by atomic mass is 10.2. The van der Waals surface area contributed by atoms with E-state index in [4.69, 9.17) is 19.2 Å². The number of esters is 2. The van der Waals surface area contributed by atoms with Crippen molar-refractivity contribution in [1.29, 1.82) is 0 Å². The van der Waals surface area contributed by atoms with Crippen molar-refractivity contribution in [2.75, 3.05) is 7.11 Å². The molecule has 0 saturated heterocycles. The minimum atomic E-state index is -1.14. The van der Waals surface area contributed by atoms with Crippen molar-refractivity contribution in [3.63, 3.8) is 0 Å². The van der Waals surface area contributed by atoms with E-state index in [0.717, 1.165) is 10.4 Å². The molecule has 1 aliphatic heterocycles. The summed E-state index contributed by atoms with van der Waals surface area (Å²) in [7, 11) is 1.40. The first-order valence-corrected chi connectivity index (χ1v) is 10.2. The molecule has 0 fully saturated rings. The number of hydrogen-bond donors (Lipinski definition) is 0. The topological polar surface area (TPSA) is 92.5 Å². The van der Waals surface area contributed by atoms with Gasteiger partial charge in [0.05, 0.1) is 12.6 Å². The van der Waals surface area contributed by atoms with Gasteiger partial charge in [0.15, 0.2) is 5.75 Å². The molecular formula is C22H15N3O5S. The maximum absolute atomic E-state index is 12.0. The number of ether oxygens (including phenoxy) is 3. The largest absolute Gasteiger partial charge is 0.490 e. The smallest absolute Gasteiger partial charge is 0.423 e. The molecule has 3 aromatic heterocycles. The van der Waals surface area contributed by atoms with Crippen molar-refractivity contribution in [2.24, 2.45) is 0 Å². The van der Waals surface area contributed by atoms with Gasteiger partial charge in [-0.1, -0.05) is 6.07 Å². The standard InChI is InChI=1S/C22H15N3O5S/c1-12-8-10-31-15(12)6-7-17-24-18-13(25(17)16-5-3-4-9-23-16)11-14-19(28-2)20(18)30-22(27)21(26)29-14/h3-11H,1-2H3/b7-6+. The molecule has 0 saturated carbocycles. The Bertz CT molecular complexity index is 1370. The molecule has 0 N–H and O–H groups in total. The Kier molecular flexibility index (Phi) is 4.52. The van der Waals surface area contributed by atoms with Crippen molar-refractivity contribution in [1.82, 2.24) is 14.5 Å². The summed E-state index contributed by atoms with van der Waals surface area (Å²) in [5.74, 6) is -0.874. The van der Waals surface area contributed by atoms with Gasteiger partial charge < -0.3 is 14.2 Å². The highest BCUT2D eigenvalue weighted by atomic mass is 32.1. The summed E-state index contributed by atoms with van der Waals surface area (Å²) in [5.41, 5.74) is 2.05. The van der Waals surface area contributed by atoms with E-state index < -0.39 is 11.9 Å². The molecule has 8 nitrogen and oxygen atoms in total. The number of carbonyl (C=O) groups is 2. The van der Waals surface area contributed by atoms with E-state index in [0.29, 0.717) is 22.7 Å². The third-order valence-electron chi connectivity index (χ3n) is 4.78. The maximum atomic E-state index is 12.0. The zero-order chi connectivity index (χ0) is 21.5. The monoisotopic (exact) mass is 433 g/mol. The van der Waals surface area contributed by atoms with Crippen LogP contribution in [0.4, 0.5) is 0 Å². The highest BCUT2D eigenvalue weighted by molar-refractivity contribution is 7.11. The Hall–Kier alpha value is -3.98. The minimum absolute atomic E-state index is 0.0301. The first-order valence-electron chi connectivity index (χ1n) is 9.28. The molecule has 1 aliphatic rings. The summed E-state index contributed by atoms with van der Waals surface area (Å²) in [5, 5.41) is 2.02. The van der Waals surface area contributed by atoms with Crippen LogP contribution in [0.3, 0.4) is 0 Å². The van der Waals surface area contributed by atoms with Crippen molar-refractivity contribution in [2.45, 2.75) is 6.92 Å². The zero-order valence-electron chi connectivity index (χ0n) is 16.5. The number of thiophene rings is 1. The number of nitrogens with zero attached hydrogens (tertiary/aromatic N) is 3. The van der Waals surface area contributed by atoms with E-state index in [1.165, 1.54) is 7.11 Å². The molecule has 5 rings (SSSR count). The van der Waals surface area contributed by atoms with Gasteiger partial charge in [0.1, 0.15) is 17.2 Å². The van der Waals surface area contributed by atoms with Crippen LogP contribution < -0.4 is 14.2 Å². The quantitative estimate of drug-likeness (QED) is 0.275. The number of benzene rings is 1. The Balaban J connectivity index is 1.80. The molecule has 0 unspecified atom stereocenters. The molecule has 0 aliphatic carbocycles. The summed E-state index contributed by atoms with van der Waals surface area (Å²) in [6, 6.07) is 9.13. The second-order valence-corrected chi connectivity index (χ2v) is 7.63. The average molecular weight is 433 g/mol. The van der Waals surface area contributed by atoms with Gasteiger partial charge in [-0.15, -0.1) is 11.3 Å². The summed E-state index contributed by atoms with van der Waals surface area (Å²) in [6.07, 6.45) is 5.50. The summed E-state index contributed by atoms with van der Waals surface area (Å²) in [6.45, 7) is 2.03. The highest BCUT2D eigenvalue weighted by Gasteiger charge is 2.33. The first-order chi connectivity index (χ1) is 15.1. The zero-order valence-corrected chi connectivity index (χ0v) is 17.3. The molecule has 154 valence electrons. The van der Waals surface area contributed by atoms with E-state index in [1.54, 1.807) is 28.2 Å². The number of methoxy groups -OCH3 is 1. The van der Waals surface area contributed by atoms with Crippen LogP contribution in [0, 0.1) is 6.92 Å². The van der Waals surface area contributed by atoms with E-state index >= 15 is 0 Å². The van der Waals surface area contributed by atoms with E-state index in [-0.39, 0.29) is 17.2 Å². The number of pyridine rings is 1. The predicted molar refractivity (Wildman–Crippen MR) is 115 cm³/mol. The normalized spacial score (nSPS) is 13.4. The van der Waals surface area contributed by atoms with Crippen molar-refractivity contribution >= 4 is 46.5 Å². The van der Waals surface area contributed by atoms with Crippen LogP contribution in [-0.4, -0.2) is 33.6 Å². The first kappa shape index (κ1) is 19.0. The third kappa shape index (κ3) is 3.15. The van der Waals surface area contributed by atoms with Crippen molar-refractivity contribution in [3.05, 3.63) is 58.2 Å². The van der Waals surface area contributed by atoms with Gasteiger partial charge in [-0.25, -0.2) is 19.6 Å². The molecule has 4 heterocycles. The number of fused-ring (bicyclic) bond motifs is 4. The fourth-order valence-electron chi connectivity index (χ4n) is 3.34. The Morgan fingerprint density at radius 1 is 1.13 bits per heavy atom. The van der Waals surface area contributed by atoms with Crippen LogP contribution >= 0.6 is 11.3 Å². The van der Waals surface area contributed by atoms with Crippen LogP contribution in [0.1, 0.15) is 16.3 Å². The maximum Gasteiger partial charge on any atom is 0.423 e. The van der Waals surface area contributed by atoms with Crippen molar-refractivity contribution in [3.8, 4) is 23.1 Å². The number of aromatic nitrogens is 3. The molecule has 31 heavy (non-hydrogen) atoms. The molecule has 2 bridgehead atoms. The predicted octanol–water partition coefficient (Wildman–Crippen LogP) is 3.79. The van der Waals surface area contributed by atoms with Gasteiger partial charge in [0.2, 0.25) is 11.5 Å². The van der Waals surface area contributed by atoms with Crippen LogP contribution in [0.5, 0.6) is 17.2 Å². The number of aryl methyl sites for hydroxylation is 1. The molecule has 1 aromatic carbocycles. The van der Waals surface area contributed by atoms with Gasteiger partial charge in [-0.2, -0.15) is 0 Å². The van der Waals surface area contributed by atoms with Crippen LogP contribution in [0.2, 0.25) is 0 Å². The molecule has 9 heteroatoms. The summed E-state index contributed by atoms with van der Waals surface area (Å²) < 4.78 is 17.6. The Labute approximate surface area is 180 Å². The summed E-state index contributed by atoms with van der Waals surface area (Å²) in [4.78, 5) is 34.2. The number of carbonyl (C=O) groups excluding carboxylic acids is 2. The van der Waals surface area contributed by atoms with Gasteiger partial charge >= 0.3 is 11.9 Å². The van der Waals surface area contributed by atoms with E-state index in [9.17, 15) is 9.59 Å². The van der Waals surface area contributed by atoms with Crippen LogP contribution in [0.25, 0.3) is 29.0 Å². The second-order valence-electron chi connectivity index (χ2n) is 6.68. The van der Waals surface area contributed by atoms with Crippen molar-refractivity contribution < 1.29 is 23.8 Å². The number of hydrogen-bond acceptors (Lipinski definition) is 8. The average Bonchev–Trinajstić information content (AvgIpc) is 3.33. The van der Waals surface area contributed by atoms with E-state index in [1.807, 2.05) is 48.7 Å². The van der Waals surface area contributed by atoms with Gasteiger partial charge in [-0.05, 0) is 48.2 Å². The molecule has 4 aromatic rings. The van der Waals surface area contributed by atoms with Gasteiger partial charge in [0, 0.05) is 17.1 Å². The fraction of sp³-hybridized carbons (Fsp3) is 0.0909. The van der Waals surface area contributed by atoms with Crippen LogP contribution in [0.15, 0.2) is 41.9 Å². The fourth-order valence-corrected chi connectivity index (χ4v) is 4.16. The van der Waals surface area contributed by atoms with E-state index in [2.05, 4.69) is 4.98 Å². The molecule has 0 spiro atoms. The Morgan fingerprint density at radius 2 is 1.97 bits per heavy atom. The third-order valence-corrected chi connectivity index (χ3v) is 5.77. The molecule has 0 amide bonds. The Morgan fingerprint density at radius 3 is 2.68 bits per heavy atom. The van der Waals surface area contributed by atoms with Crippen LogP contribution in [-0.2, 0) is 9.59 Å². The second kappa shape index (κ2) is 7.37. The van der Waals surface area contributed by atoms with Gasteiger partial charge in [-0.3, -0.25) is 4.57 Å². The lowest BCUT2D eigenvalue weighted by molar-refractivity contribution is -0.155. The highest BCUT2D eigenvalue weighted by Crippen LogP contribution is 2.45. The lowest BCUT2D eigenvalue weighted by Gasteiger charge is -2.10. The minimum Gasteiger partial charge on any atom is -0.490 e. The van der Waals surface area contributed by atoms with Gasteiger partial charge in [0.25, 0.3) is 0 Å². The summed E-state index contributed by atoms with van der Waals surface area (Å²) >= 11 is 1.62. The number of rotatable bonds is 4.